The van der Waals surface area contributed by atoms with Crippen LogP contribution in [0.4, 0.5) is 0 Å². The molecule has 4 saturated heterocycles. The number of carbonyl (C=O) groups is 6. The van der Waals surface area contributed by atoms with Crippen molar-refractivity contribution >= 4 is 71.1 Å². The van der Waals surface area contributed by atoms with Crippen molar-refractivity contribution in [2.24, 2.45) is 40.2 Å². The molecular formula is C58H87B3ClN7NaO13. The fourth-order valence-corrected chi connectivity index (χ4v) is 13.5. The van der Waals surface area contributed by atoms with Crippen LogP contribution in [0.15, 0.2) is 73.2 Å². The molecule has 4 bridgehead atoms. The third-order valence-electron chi connectivity index (χ3n) is 17.6. The molecule has 10 atom stereocenters. The SMILES string of the molecule is C.C.CC(=O)OOC(C)=O.CC(=O)[O-].CC1(C)C2C[C@H]1C[C@H]1OB([C@@H]3CCCN3C(=O)CN(Cc3ccccn3)Cc3ccccn3)O[C@@]21C.CC1(C)C2C[C@H]1C[C@H]1OB([C@@H]3CCCN3C(=O)CN)O[C@@]21C.Cl.O=Cc1ccccn1.[B].[Na+]. The topological polar surface area (TPSA) is 255 Å². The molecule has 10 aliphatic rings. The summed E-state index contributed by atoms with van der Waals surface area (Å²) in [6, 6.07) is 17.0. The molecule has 449 valence electrons. The van der Waals surface area contributed by atoms with Gasteiger partial charge in [-0.1, -0.05) is 60.7 Å². The molecule has 7 heterocycles. The molecule has 3 aromatic heterocycles. The third-order valence-corrected chi connectivity index (χ3v) is 17.6. The van der Waals surface area contributed by atoms with E-state index in [2.05, 4.69) is 71.2 Å². The maximum atomic E-state index is 13.7. The molecule has 3 aromatic rings. The van der Waals surface area contributed by atoms with Crippen molar-refractivity contribution in [2.45, 2.75) is 177 Å². The first-order chi connectivity index (χ1) is 37.0. The number of halogens is 1. The average molecular weight is 1180 g/mol. The summed E-state index contributed by atoms with van der Waals surface area (Å²) in [6.45, 7) is 20.3. The Balaban J connectivity index is 0.000000426. The Labute approximate surface area is 523 Å². The van der Waals surface area contributed by atoms with Gasteiger partial charge in [-0.2, -0.15) is 0 Å². The Morgan fingerprint density at radius 3 is 1.41 bits per heavy atom. The predicted octanol–water partition coefficient (Wildman–Crippen LogP) is 2.94. The molecule has 6 aliphatic carbocycles. The van der Waals surface area contributed by atoms with Gasteiger partial charge in [0.2, 0.25) is 11.8 Å². The van der Waals surface area contributed by atoms with Crippen molar-refractivity contribution in [2.75, 3.05) is 26.2 Å². The molecule has 13 rings (SSSR count). The summed E-state index contributed by atoms with van der Waals surface area (Å²) in [4.78, 5) is 90.6. The van der Waals surface area contributed by atoms with Crippen LogP contribution in [0, 0.1) is 34.5 Å². The summed E-state index contributed by atoms with van der Waals surface area (Å²) < 4.78 is 26.1. The fraction of sp³-hybridized carbons (Fsp3) is 0.638. The quantitative estimate of drug-likeness (QED) is 0.133. The van der Waals surface area contributed by atoms with Crippen LogP contribution in [0.1, 0.15) is 150 Å². The van der Waals surface area contributed by atoms with Gasteiger partial charge in [0.15, 0.2) is 6.29 Å². The number of aldehydes is 1. The van der Waals surface area contributed by atoms with Crippen LogP contribution in [0.25, 0.3) is 0 Å². The van der Waals surface area contributed by atoms with Crippen molar-refractivity contribution in [3.05, 3.63) is 90.3 Å². The van der Waals surface area contributed by atoms with Crippen molar-refractivity contribution in [1.82, 2.24) is 29.7 Å². The van der Waals surface area contributed by atoms with Gasteiger partial charge in [0, 0.05) is 73.0 Å². The van der Waals surface area contributed by atoms with Gasteiger partial charge in [-0.3, -0.25) is 34.2 Å². The van der Waals surface area contributed by atoms with Gasteiger partial charge in [-0.25, -0.2) is 19.4 Å². The number of nitrogens with zero attached hydrogens (tertiary/aromatic N) is 6. The second kappa shape index (κ2) is 32.5. The number of likely N-dealkylation sites (tertiary alicyclic amines) is 2. The van der Waals surface area contributed by atoms with Crippen LogP contribution >= 0.6 is 12.4 Å². The van der Waals surface area contributed by atoms with Crippen molar-refractivity contribution in [1.29, 1.82) is 0 Å². The number of carboxylic acids is 1. The summed E-state index contributed by atoms with van der Waals surface area (Å²) in [5.74, 6) is 0.358. The number of nitrogens with two attached hydrogens (primary N) is 1. The van der Waals surface area contributed by atoms with E-state index < -0.39 is 17.9 Å². The van der Waals surface area contributed by atoms with Crippen LogP contribution in [0.2, 0.25) is 0 Å². The first-order valence-electron chi connectivity index (χ1n) is 27.4. The van der Waals surface area contributed by atoms with Crippen molar-refractivity contribution in [3.63, 3.8) is 0 Å². The van der Waals surface area contributed by atoms with Crippen molar-refractivity contribution in [3.8, 4) is 0 Å². The monoisotopic (exact) mass is 1180 g/mol. The smallest absolute Gasteiger partial charge is 0.550 e. The zero-order valence-electron chi connectivity index (χ0n) is 48.7. The summed E-state index contributed by atoms with van der Waals surface area (Å²) in [5.41, 5.74) is 8.14. The molecule has 2 N–H and O–H groups in total. The number of rotatable bonds is 10. The molecule has 6 saturated carbocycles. The average Bonchev–Trinajstić information content (AvgIpc) is 3.76. The van der Waals surface area contributed by atoms with Crippen LogP contribution < -0.4 is 40.4 Å². The molecular weight excluding hydrogens is 1090 g/mol. The number of carboxylic acid groups (broad SMARTS) is 1. The molecule has 10 fully saturated rings. The molecule has 20 nitrogen and oxygen atoms in total. The molecule has 4 aliphatic heterocycles. The van der Waals surface area contributed by atoms with E-state index >= 15 is 0 Å². The molecule has 83 heavy (non-hydrogen) atoms. The van der Waals surface area contributed by atoms with Gasteiger partial charge in [0.05, 0.1) is 59.8 Å². The maximum Gasteiger partial charge on any atom is 1.00 e. The van der Waals surface area contributed by atoms with Crippen LogP contribution in [-0.2, 0) is 65.5 Å². The van der Waals surface area contributed by atoms with Crippen molar-refractivity contribution < 1.29 is 91.8 Å². The Morgan fingerprint density at radius 1 is 0.687 bits per heavy atom. The predicted molar refractivity (Wildman–Crippen MR) is 312 cm³/mol. The van der Waals surface area contributed by atoms with E-state index in [1.54, 1.807) is 36.8 Å². The summed E-state index contributed by atoms with van der Waals surface area (Å²) in [6.07, 6.45) is 14.8. The first kappa shape index (κ1) is 74.8. The Morgan fingerprint density at radius 2 is 1.08 bits per heavy atom. The Hall–Kier alpha value is -4.29. The first-order valence-corrected chi connectivity index (χ1v) is 27.4. The zero-order chi connectivity index (χ0) is 56.6. The standard InChI is InChI=1S/C28H37BN4O3.C16H27BN2O3.C6H5NO.C4H6O4.C2H4O2.2CH4.B.ClH.Na/c1-27(2)20-15-23(27)28(3)24(16-20)35-29(36-28)25-11-8-14-33(25)26(34)19-32(17-21-9-4-6-12-30-21)18-22-10-5-7-13-31-22;1-15(2)10-7-11(15)16(3)12(8-10)21-17(22-16)13-5-4-6-19(13)14(20)9-18;8-5-6-3-1-2-4-7-6;1-3(5)7-8-4(2)6;1-2(3)4;;;;;/h4-7,9-10,12-13,20,23-25H,8,11,14-19H2,1-3H3;10-13H,4-9,18H2,1-3H3;1-5H;1-2H3;1H3,(H,3,4);2*1H4;;1H;/q;;;;;;;;;+1/p-1/t20-,23?,24+,25-,28-;10-,11?,12+,13-,16-;;;;;;;;/m00......../s1. The van der Waals surface area contributed by atoms with E-state index in [0.29, 0.717) is 48.0 Å². The van der Waals surface area contributed by atoms with E-state index in [9.17, 15) is 24.0 Å². The second-order valence-corrected chi connectivity index (χ2v) is 23.3. The van der Waals surface area contributed by atoms with Gasteiger partial charge < -0.3 is 44.1 Å². The number of carbonyl (C=O) groups excluding carboxylic acids is 6. The van der Waals surface area contributed by atoms with E-state index in [4.69, 9.17) is 34.3 Å². The molecule has 25 heteroatoms. The minimum Gasteiger partial charge on any atom is -0.550 e. The molecule has 0 spiro atoms. The van der Waals surface area contributed by atoms with E-state index in [1.807, 2.05) is 46.2 Å². The molecule has 3 radical (unpaired) electrons. The number of hydrogen-bond acceptors (Lipinski definition) is 18. The molecule has 0 aromatic carbocycles. The van der Waals surface area contributed by atoms with E-state index in [1.165, 1.54) is 12.8 Å². The number of amides is 2. The fourth-order valence-electron chi connectivity index (χ4n) is 13.5. The molecule has 2 unspecified atom stereocenters. The normalized spacial score (nSPS) is 28.0. The Kier molecular flexibility index (Phi) is 29.3. The molecule has 2 amide bonds. The minimum absolute atomic E-state index is 0. The number of aliphatic carboxylic acids is 1. The number of pyridine rings is 3. The van der Waals surface area contributed by atoms with Gasteiger partial charge in [-0.15, -0.1) is 12.4 Å². The number of hydrogen-bond donors (Lipinski definition) is 1. The van der Waals surface area contributed by atoms with E-state index in [-0.39, 0.29) is 133 Å². The summed E-state index contributed by atoms with van der Waals surface area (Å²) >= 11 is 0. The maximum absolute atomic E-state index is 13.7. The van der Waals surface area contributed by atoms with E-state index in [0.717, 1.165) is 102 Å². The largest absolute Gasteiger partial charge is 1.00 e. The van der Waals surface area contributed by atoms with Crippen LogP contribution in [0.3, 0.4) is 0 Å². The third kappa shape index (κ3) is 17.7. The summed E-state index contributed by atoms with van der Waals surface area (Å²) in [7, 11) is -0.607. The van der Waals surface area contributed by atoms with Gasteiger partial charge in [-0.05, 0) is 143 Å². The summed E-state index contributed by atoms with van der Waals surface area (Å²) in [5, 5.41) is 8.89. The zero-order valence-corrected chi connectivity index (χ0v) is 51.5. The van der Waals surface area contributed by atoms with Gasteiger partial charge in [0.1, 0.15) is 5.69 Å². The second-order valence-electron chi connectivity index (χ2n) is 23.3. The Bertz CT molecular complexity index is 2500. The van der Waals surface area contributed by atoms with Gasteiger partial charge in [0.25, 0.3) is 0 Å². The minimum atomic E-state index is -1.08. The number of aromatic nitrogens is 3. The van der Waals surface area contributed by atoms with Gasteiger partial charge >= 0.3 is 55.7 Å². The van der Waals surface area contributed by atoms with Crippen LogP contribution in [-0.4, -0.2) is 150 Å². The van der Waals surface area contributed by atoms with Crippen LogP contribution in [0.5, 0.6) is 0 Å².